The minimum absolute atomic E-state index is 0.286. The van der Waals surface area contributed by atoms with Crippen molar-refractivity contribution in [2.75, 3.05) is 32.6 Å². The number of ether oxygens (including phenoxy) is 1. The predicted molar refractivity (Wildman–Crippen MR) is 85.8 cm³/mol. The Labute approximate surface area is 127 Å². The first-order chi connectivity index (χ1) is 10.0. The molecule has 21 heavy (non-hydrogen) atoms. The summed E-state index contributed by atoms with van der Waals surface area (Å²) >= 11 is 0. The van der Waals surface area contributed by atoms with Crippen LogP contribution >= 0.6 is 0 Å². The third kappa shape index (κ3) is 3.97. The maximum Gasteiger partial charge on any atom is 0.337 e. The van der Waals surface area contributed by atoms with Crippen LogP contribution in [-0.2, 0) is 4.74 Å². The monoisotopic (exact) mass is 290 g/mol. The van der Waals surface area contributed by atoms with Gasteiger partial charge in [0.25, 0.3) is 0 Å². The fraction of sp³-hybridized carbons (Fsp3) is 0.588. The van der Waals surface area contributed by atoms with E-state index in [1.807, 2.05) is 25.1 Å². The number of methoxy groups -OCH3 is 1. The van der Waals surface area contributed by atoms with Gasteiger partial charge in [0.1, 0.15) is 0 Å². The Morgan fingerprint density at radius 2 is 2.24 bits per heavy atom. The van der Waals surface area contributed by atoms with Crippen LogP contribution in [0.3, 0.4) is 0 Å². The number of carbonyl (C=O) groups is 1. The molecule has 4 nitrogen and oxygen atoms in total. The van der Waals surface area contributed by atoms with Crippen molar-refractivity contribution in [1.82, 2.24) is 4.90 Å². The molecule has 1 aromatic carbocycles. The summed E-state index contributed by atoms with van der Waals surface area (Å²) < 4.78 is 4.75. The van der Waals surface area contributed by atoms with Crippen molar-refractivity contribution >= 4 is 11.7 Å². The second-order valence-corrected chi connectivity index (χ2v) is 6.12. The molecule has 2 rings (SSSR count). The standard InChI is InChI=1S/C17H26N2O2/c1-12-10-14(17(20)21-4)7-8-16(12)18-13(2)15-6-5-9-19(3)11-15/h7-8,10,13,15,18H,5-6,9,11H2,1-4H3. The van der Waals surface area contributed by atoms with E-state index in [4.69, 9.17) is 4.74 Å². The number of piperidine rings is 1. The molecule has 0 aliphatic carbocycles. The van der Waals surface area contributed by atoms with E-state index in [-0.39, 0.29) is 5.97 Å². The Hall–Kier alpha value is -1.55. The van der Waals surface area contributed by atoms with Gasteiger partial charge >= 0.3 is 5.97 Å². The lowest BCUT2D eigenvalue weighted by Crippen LogP contribution is -2.39. The van der Waals surface area contributed by atoms with E-state index in [9.17, 15) is 4.79 Å². The van der Waals surface area contributed by atoms with Gasteiger partial charge in [0.05, 0.1) is 12.7 Å². The second-order valence-electron chi connectivity index (χ2n) is 6.12. The van der Waals surface area contributed by atoms with Crippen molar-refractivity contribution in [1.29, 1.82) is 0 Å². The van der Waals surface area contributed by atoms with Gasteiger partial charge in [-0.15, -0.1) is 0 Å². The topological polar surface area (TPSA) is 41.6 Å². The molecule has 1 aliphatic rings. The SMILES string of the molecule is COC(=O)c1ccc(NC(C)C2CCCN(C)C2)c(C)c1. The Morgan fingerprint density at radius 3 is 2.86 bits per heavy atom. The van der Waals surface area contributed by atoms with Crippen LogP contribution in [0.2, 0.25) is 0 Å². The molecule has 0 saturated carbocycles. The Bertz CT molecular complexity index is 502. The van der Waals surface area contributed by atoms with Crippen LogP contribution in [0.1, 0.15) is 35.7 Å². The number of aryl methyl sites for hydroxylation is 1. The Kier molecular flexibility index (Phi) is 5.23. The van der Waals surface area contributed by atoms with E-state index in [0.717, 1.165) is 17.8 Å². The fourth-order valence-corrected chi connectivity index (χ4v) is 3.05. The van der Waals surface area contributed by atoms with Crippen molar-refractivity contribution in [3.63, 3.8) is 0 Å². The van der Waals surface area contributed by atoms with Gasteiger partial charge in [-0.1, -0.05) is 0 Å². The Balaban J connectivity index is 2.03. The van der Waals surface area contributed by atoms with E-state index < -0.39 is 0 Å². The molecule has 0 radical (unpaired) electrons. The highest BCUT2D eigenvalue weighted by Crippen LogP contribution is 2.24. The molecule has 2 atom stereocenters. The number of nitrogens with one attached hydrogen (secondary N) is 1. The summed E-state index contributed by atoms with van der Waals surface area (Å²) in [5.74, 6) is 0.384. The molecule has 1 N–H and O–H groups in total. The zero-order valence-electron chi connectivity index (χ0n) is 13.5. The zero-order chi connectivity index (χ0) is 15.4. The number of nitrogens with zero attached hydrogens (tertiary/aromatic N) is 1. The molecule has 1 fully saturated rings. The van der Waals surface area contributed by atoms with Crippen LogP contribution in [0.4, 0.5) is 5.69 Å². The molecule has 1 saturated heterocycles. The van der Waals surface area contributed by atoms with Crippen molar-refractivity contribution in [2.45, 2.75) is 32.7 Å². The number of likely N-dealkylation sites (tertiary alicyclic amines) is 1. The highest BCUT2D eigenvalue weighted by atomic mass is 16.5. The van der Waals surface area contributed by atoms with Crippen molar-refractivity contribution < 1.29 is 9.53 Å². The summed E-state index contributed by atoms with van der Waals surface area (Å²) in [5, 5.41) is 3.61. The molecule has 116 valence electrons. The maximum absolute atomic E-state index is 11.5. The lowest BCUT2D eigenvalue weighted by atomic mass is 9.91. The van der Waals surface area contributed by atoms with E-state index in [0.29, 0.717) is 17.5 Å². The summed E-state index contributed by atoms with van der Waals surface area (Å²) in [6, 6.07) is 6.11. The zero-order valence-corrected chi connectivity index (χ0v) is 13.5. The van der Waals surface area contributed by atoms with Crippen LogP contribution < -0.4 is 5.32 Å². The number of anilines is 1. The summed E-state index contributed by atoms with van der Waals surface area (Å²) in [7, 11) is 3.60. The van der Waals surface area contributed by atoms with Crippen LogP contribution in [0.5, 0.6) is 0 Å². The van der Waals surface area contributed by atoms with Gasteiger partial charge in [0.2, 0.25) is 0 Å². The van der Waals surface area contributed by atoms with Gasteiger partial charge < -0.3 is 15.0 Å². The number of rotatable bonds is 4. The number of carbonyl (C=O) groups excluding carboxylic acids is 1. The largest absolute Gasteiger partial charge is 0.465 e. The molecule has 0 spiro atoms. The van der Waals surface area contributed by atoms with Gasteiger partial charge in [0, 0.05) is 18.3 Å². The van der Waals surface area contributed by atoms with Gasteiger partial charge in [-0.3, -0.25) is 0 Å². The van der Waals surface area contributed by atoms with Crippen molar-refractivity contribution in [3.8, 4) is 0 Å². The highest BCUT2D eigenvalue weighted by Gasteiger charge is 2.23. The molecule has 4 heteroatoms. The number of benzene rings is 1. The summed E-state index contributed by atoms with van der Waals surface area (Å²) in [5.41, 5.74) is 2.78. The molecule has 0 amide bonds. The molecule has 1 aromatic rings. The average molecular weight is 290 g/mol. The summed E-state index contributed by atoms with van der Waals surface area (Å²) in [6.45, 7) is 6.62. The van der Waals surface area contributed by atoms with E-state index in [1.165, 1.54) is 26.5 Å². The van der Waals surface area contributed by atoms with Gasteiger partial charge in [0.15, 0.2) is 0 Å². The molecule has 1 aliphatic heterocycles. The minimum Gasteiger partial charge on any atom is -0.465 e. The molecular weight excluding hydrogens is 264 g/mol. The number of hydrogen-bond acceptors (Lipinski definition) is 4. The average Bonchev–Trinajstić information content (AvgIpc) is 2.48. The first-order valence-corrected chi connectivity index (χ1v) is 7.65. The third-order valence-corrected chi connectivity index (χ3v) is 4.40. The molecular formula is C17H26N2O2. The quantitative estimate of drug-likeness (QED) is 0.866. The lowest BCUT2D eigenvalue weighted by Gasteiger charge is -2.34. The third-order valence-electron chi connectivity index (χ3n) is 4.40. The van der Waals surface area contributed by atoms with Crippen LogP contribution in [0.15, 0.2) is 18.2 Å². The first kappa shape index (κ1) is 15.8. The normalized spacial score (nSPS) is 20.9. The fourth-order valence-electron chi connectivity index (χ4n) is 3.05. The summed E-state index contributed by atoms with van der Waals surface area (Å²) in [6.07, 6.45) is 2.55. The second kappa shape index (κ2) is 6.94. The Morgan fingerprint density at radius 1 is 1.48 bits per heavy atom. The molecule has 0 aromatic heterocycles. The summed E-state index contributed by atoms with van der Waals surface area (Å²) in [4.78, 5) is 13.9. The lowest BCUT2D eigenvalue weighted by molar-refractivity contribution is 0.0600. The van der Waals surface area contributed by atoms with Crippen LogP contribution in [0, 0.1) is 12.8 Å². The van der Waals surface area contributed by atoms with Gasteiger partial charge in [-0.05, 0) is 70.0 Å². The van der Waals surface area contributed by atoms with Gasteiger partial charge in [-0.25, -0.2) is 4.79 Å². The maximum atomic E-state index is 11.5. The van der Waals surface area contributed by atoms with Crippen LogP contribution in [-0.4, -0.2) is 44.2 Å². The molecule has 0 bridgehead atoms. The van der Waals surface area contributed by atoms with Crippen molar-refractivity contribution in [2.24, 2.45) is 5.92 Å². The molecule has 1 heterocycles. The predicted octanol–water partition coefficient (Wildman–Crippen LogP) is 2.92. The van der Waals surface area contributed by atoms with Gasteiger partial charge in [-0.2, -0.15) is 0 Å². The molecule has 2 unspecified atom stereocenters. The van der Waals surface area contributed by atoms with E-state index in [2.05, 4.69) is 24.2 Å². The smallest absolute Gasteiger partial charge is 0.337 e. The van der Waals surface area contributed by atoms with E-state index in [1.54, 1.807) is 0 Å². The first-order valence-electron chi connectivity index (χ1n) is 7.65. The highest BCUT2D eigenvalue weighted by molar-refractivity contribution is 5.90. The number of esters is 1. The number of hydrogen-bond donors (Lipinski definition) is 1. The minimum atomic E-state index is -0.286. The van der Waals surface area contributed by atoms with E-state index >= 15 is 0 Å². The van der Waals surface area contributed by atoms with Crippen molar-refractivity contribution in [3.05, 3.63) is 29.3 Å². The van der Waals surface area contributed by atoms with Crippen LogP contribution in [0.25, 0.3) is 0 Å².